The average molecular weight is 321 g/mol. The summed E-state index contributed by atoms with van der Waals surface area (Å²) in [5, 5.41) is 0.517. The standard InChI is InChI=1S/C17H15ClN2O2/c1-11-16(21)19(2)14-9-8-12(18)10-15(14)20(17(11)22)13-6-4-3-5-7-13/h3-11H,1-2H3/i3+1,4+1,5+1,6+1,7+1,13+1. The second-order valence-corrected chi connectivity index (χ2v) is 5.70. The largest absolute Gasteiger partial charge is 0.313 e. The van der Waals surface area contributed by atoms with Gasteiger partial charge < -0.3 is 4.90 Å². The fourth-order valence-electron chi connectivity index (χ4n) is 2.63. The predicted molar refractivity (Wildman–Crippen MR) is 87.6 cm³/mol. The minimum Gasteiger partial charge on any atom is -0.313 e. The van der Waals surface area contributed by atoms with Crippen molar-refractivity contribution < 1.29 is 9.59 Å². The Morgan fingerprint density at radius 1 is 0.955 bits per heavy atom. The molecule has 1 unspecified atom stereocenters. The number of carbonyl (C=O) groups is 2. The SMILES string of the molecule is CC1C(=O)N(C)c2ccc(Cl)cc2N([13c]2[13cH][13cH][13cH][13cH][13cH]2)C1=O. The Hall–Kier alpha value is -2.33. The van der Waals surface area contributed by atoms with Crippen molar-refractivity contribution in [3.05, 3.63) is 53.6 Å². The van der Waals surface area contributed by atoms with Crippen molar-refractivity contribution in [3.63, 3.8) is 0 Å². The van der Waals surface area contributed by atoms with Gasteiger partial charge in [-0.3, -0.25) is 14.5 Å². The number of hydrogen-bond donors (Lipinski definition) is 0. The van der Waals surface area contributed by atoms with E-state index < -0.39 is 5.92 Å². The highest BCUT2D eigenvalue weighted by atomic mass is 35.5. The Morgan fingerprint density at radius 2 is 1.64 bits per heavy atom. The summed E-state index contributed by atoms with van der Waals surface area (Å²) < 4.78 is 0. The molecule has 0 fully saturated rings. The monoisotopic (exact) mass is 320 g/mol. The van der Waals surface area contributed by atoms with Gasteiger partial charge in [0.25, 0.3) is 0 Å². The van der Waals surface area contributed by atoms with Gasteiger partial charge in [0.2, 0.25) is 11.8 Å². The summed E-state index contributed by atoms with van der Waals surface area (Å²) >= 11 is 6.11. The summed E-state index contributed by atoms with van der Waals surface area (Å²) in [6.07, 6.45) is 0. The van der Waals surface area contributed by atoms with Gasteiger partial charge in [0.15, 0.2) is 0 Å². The van der Waals surface area contributed by atoms with Gasteiger partial charge in [-0.15, -0.1) is 0 Å². The Kier molecular flexibility index (Phi) is 3.62. The van der Waals surface area contributed by atoms with E-state index in [1.165, 1.54) is 4.90 Å². The molecule has 0 radical (unpaired) electrons. The molecule has 1 aliphatic rings. The lowest BCUT2D eigenvalue weighted by molar-refractivity contribution is -0.130. The molecule has 1 heterocycles. The lowest BCUT2D eigenvalue weighted by Gasteiger charge is -2.24. The molecule has 5 heteroatoms. The maximum Gasteiger partial charge on any atom is 0.243 e. The minimum absolute atomic E-state index is 0.230. The Balaban J connectivity index is 2.27. The molecule has 22 heavy (non-hydrogen) atoms. The molecule has 2 amide bonds. The van der Waals surface area contributed by atoms with E-state index in [0.717, 1.165) is 0 Å². The summed E-state index contributed by atoms with van der Waals surface area (Å²) in [7, 11) is 1.67. The van der Waals surface area contributed by atoms with Crippen LogP contribution in [0.15, 0.2) is 48.5 Å². The third kappa shape index (κ3) is 2.25. The van der Waals surface area contributed by atoms with Crippen molar-refractivity contribution in [2.45, 2.75) is 6.92 Å². The van der Waals surface area contributed by atoms with Gasteiger partial charge in [-0.05, 0) is 37.3 Å². The minimum atomic E-state index is -0.753. The second kappa shape index (κ2) is 5.46. The van der Waals surface area contributed by atoms with Gasteiger partial charge in [-0.25, -0.2) is 0 Å². The maximum absolute atomic E-state index is 12.8. The van der Waals surface area contributed by atoms with Crippen molar-refractivity contribution in [2.75, 3.05) is 16.8 Å². The second-order valence-electron chi connectivity index (χ2n) is 5.26. The molecule has 0 saturated heterocycles. The fourth-order valence-corrected chi connectivity index (χ4v) is 2.80. The molecule has 0 saturated carbocycles. The quantitative estimate of drug-likeness (QED) is 0.753. The van der Waals surface area contributed by atoms with Crippen LogP contribution in [0.2, 0.25) is 5.02 Å². The number of hydrogen-bond acceptors (Lipinski definition) is 2. The average Bonchev–Trinajstić information content (AvgIpc) is 2.59. The van der Waals surface area contributed by atoms with Gasteiger partial charge in [0.1, 0.15) is 5.92 Å². The van der Waals surface area contributed by atoms with E-state index in [9.17, 15) is 9.59 Å². The number of carbonyl (C=O) groups excluding carboxylic acids is 2. The van der Waals surface area contributed by atoms with Crippen molar-refractivity contribution in [2.24, 2.45) is 5.92 Å². The Morgan fingerprint density at radius 3 is 2.32 bits per heavy atom. The van der Waals surface area contributed by atoms with Crippen LogP contribution in [0.4, 0.5) is 17.1 Å². The number of rotatable bonds is 1. The highest BCUT2D eigenvalue weighted by Crippen LogP contribution is 2.39. The van der Waals surface area contributed by atoms with Crippen molar-refractivity contribution in [3.8, 4) is 0 Å². The van der Waals surface area contributed by atoms with E-state index in [2.05, 4.69) is 0 Å². The predicted octanol–water partition coefficient (Wildman–Crippen LogP) is 3.62. The number of halogens is 1. The van der Waals surface area contributed by atoms with E-state index in [4.69, 9.17) is 11.6 Å². The van der Waals surface area contributed by atoms with Crippen LogP contribution in [0.3, 0.4) is 0 Å². The normalized spacial score (nSPS) is 18.2. The maximum atomic E-state index is 12.8. The summed E-state index contributed by atoms with van der Waals surface area (Å²) in [5.74, 6) is -1.24. The highest BCUT2D eigenvalue weighted by Gasteiger charge is 2.36. The Labute approximate surface area is 133 Å². The first kappa shape index (κ1) is 14.6. The Bertz CT molecular complexity index is 746. The van der Waals surface area contributed by atoms with E-state index in [1.54, 1.807) is 37.1 Å². The summed E-state index contributed by atoms with van der Waals surface area (Å²) in [6, 6.07) is 14.5. The molecule has 112 valence electrons. The fraction of sp³-hybridized carbons (Fsp3) is 0.176. The zero-order valence-corrected chi connectivity index (χ0v) is 13.0. The van der Waals surface area contributed by atoms with Crippen molar-refractivity contribution >= 4 is 40.5 Å². The number of fused-ring (bicyclic) bond motifs is 1. The van der Waals surface area contributed by atoms with Crippen LogP contribution in [0.1, 0.15) is 6.92 Å². The number of nitrogens with zero attached hydrogens (tertiary/aromatic N) is 2. The van der Waals surface area contributed by atoms with E-state index in [0.29, 0.717) is 22.1 Å². The van der Waals surface area contributed by atoms with Crippen LogP contribution >= 0.6 is 11.6 Å². The van der Waals surface area contributed by atoms with Gasteiger partial charge in [0.05, 0.1) is 11.4 Å². The van der Waals surface area contributed by atoms with Crippen LogP contribution < -0.4 is 9.80 Å². The zero-order chi connectivity index (χ0) is 15.9. The first-order valence-electron chi connectivity index (χ1n) is 6.97. The van der Waals surface area contributed by atoms with Crippen LogP contribution in [0.25, 0.3) is 0 Å². The highest BCUT2D eigenvalue weighted by molar-refractivity contribution is 6.31. The van der Waals surface area contributed by atoms with Crippen LogP contribution in [0, 0.1) is 5.92 Å². The van der Waals surface area contributed by atoms with Crippen molar-refractivity contribution in [1.29, 1.82) is 0 Å². The number of para-hydroxylation sites is 1. The van der Waals surface area contributed by atoms with E-state index in [-0.39, 0.29) is 11.8 Å². The third-order valence-corrected chi connectivity index (χ3v) is 4.08. The molecule has 2 aromatic carbocycles. The molecule has 0 aliphatic carbocycles. The van der Waals surface area contributed by atoms with Crippen molar-refractivity contribution in [1.82, 2.24) is 0 Å². The summed E-state index contributed by atoms with van der Waals surface area (Å²) in [6.45, 7) is 1.63. The van der Waals surface area contributed by atoms with Crippen LogP contribution in [-0.4, -0.2) is 18.9 Å². The summed E-state index contributed by atoms with van der Waals surface area (Å²) in [4.78, 5) is 28.3. The van der Waals surface area contributed by atoms with Gasteiger partial charge >= 0.3 is 0 Å². The molecule has 1 atom stereocenters. The zero-order valence-electron chi connectivity index (χ0n) is 12.3. The van der Waals surface area contributed by atoms with Gasteiger partial charge in [0, 0.05) is 17.8 Å². The molecule has 0 bridgehead atoms. The lowest BCUT2D eigenvalue weighted by Crippen LogP contribution is -2.37. The van der Waals surface area contributed by atoms with E-state index in [1.807, 2.05) is 30.3 Å². The molecule has 0 aromatic heterocycles. The third-order valence-electron chi connectivity index (χ3n) is 3.85. The molecule has 2 aromatic rings. The first-order chi connectivity index (χ1) is 10.5. The molecule has 4 nitrogen and oxygen atoms in total. The van der Waals surface area contributed by atoms with Crippen LogP contribution in [-0.2, 0) is 9.59 Å². The van der Waals surface area contributed by atoms with Crippen LogP contribution in [0.5, 0.6) is 0 Å². The molecule has 0 N–H and O–H groups in total. The number of benzene rings is 2. The molecule has 0 spiro atoms. The van der Waals surface area contributed by atoms with E-state index >= 15 is 0 Å². The lowest BCUT2D eigenvalue weighted by atomic mass is 10.1. The summed E-state index contributed by atoms with van der Waals surface area (Å²) in [5.41, 5.74) is 1.99. The smallest absolute Gasteiger partial charge is 0.243 e. The molecule has 3 rings (SSSR count). The number of anilines is 3. The first-order valence-corrected chi connectivity index (χ1v) is 7.34. The molecular formula is C17H15ClN2O2. The molecular weight excluding hydrogens is 306 g/mol. The van der Waals surface area contributed by atoms with Gasteiger partial charge in [-0.2, -0.15) is 0 Å². The van der Waals surface area contributed by atoms with Gasteiger partial charge in [-0.1, -0.05) is 29.8 Å². The number of amides is 2. The molecule has 1 aliphatic heterocycles. The topological polar surface area (TPSA) is 40.6 Å².